The van der Waals surface area contributed by atoms with Crippen molar-refractivity contribution in [3.05, 3.63) is 71.3 Å². The quantitative estimate of drug-likeness (QED) is 0.664. The van der Waals surface area contributed by atoms with E-state index in [1.165, 1.54) is 42.4 Å². The molecule has 2 aromatic heterocycles. The number of nitrogens with zero attached hydrogens (tertiary/aromatic N) is 2. The Morgan fingerprint density at radius 1 is 0.926 bits per heavy atom. The van der Waals surface area contributed by atoms with Gasteiger partial charge in [0.05, 0.1) is 29.8 Å². The van der Waals surface area contributed by atoms with Gasteiger partial charge in [-0.2, -0.15) is 0 Å². The van der Waals surface area contributed by atoms with Crippen molar-refractivity contribution in [3.63, 3.8) is 0 Å². The highest BCUT2D eigenvalue weighted by Gasteiger charge is 2.34. The summed E-state index contributed by atoms with van der Waals surface area (Å²) in [5.41, 5.74) is 6.43. The summed E-state index contributed by atoms with van der Waals surface area (Å²) in [5.74, 6) is 1.61. The van der Waals surface area contributed by atoms with Crippen LogP contribution in [0.4, 0.5) is 0 Å². The first-order chi connectivity index (χ1) is 13.2. The minimum absolute atomic E-state index is 0.343. The minimum Gasteiger partial charge on any atom is -0.387 e. The molecule has 2 fully saturated rings. The lowest BCUT2D eigenvalue weighted by Crippen LogP contribution is -2.22. The third-order valence-corrected chi connectivity index (χ3v) is 6.80. The highest BCUT2D eigenvalue weighted by atomic mass is 16.3. The van der Waals surface area contributed by atoms with Gasteiger partial charge in [-0.05, 0) is 86.0 Å². The summed E-state index contributed by atoms with van der Waals surface area (Å²) in [7, 11) is 0. The van der Waals surface area contributed by atoms with Crippen LogP contribution >= 0.6 is 0 Å². The van der Waals surface area contributed by atoms with Crippen molar-refractivity contribution >= 4 is 5.52 Å². The summed E-state index contributed by atoms with van der Waals surface area (Å²) < 4.78 is 2.13. The van der Waals surface area contributed by atoms with E-state index in [2.05, 4.69) is 52.7 Å². The van der Waals surface area contributed by atoms with E-state index in [1.54, 1.807) is 0 Å². The monoisotopic (exact) mass is 360 g/mol. The number of aromatic nitrogens is 2. The van der Waals surface area contributed by atoms with Crippen molar-refractivity contribution in [3.8, 4) is 0 Å². The number of hydrogen-bond donors (Lipinski definition) is 1. The van der Waals surface area contributed by atoms with E-state index in [0.717, 1.165) is 24.1 Å². The lowest BCUT2D eigenvalue weighted by Gasteiger charge is -2.33. The molecule has 3 heteroatoms. The Morgan fingerprint density at radius 2 is 1.63 bits per heavy atom. The van der Waals surface area contributed by atoms with E-state index in [4.69, 9.17) is 0 Å². The lowest BCUT2D eigenvalue weighted by molar-refractivity contribution is 0.0754. The molecule has 3 aromatic rings. The molecule has 2 aliphatic rings. The first-order valence-corrected chi connectivity index (χ1v) is 10.4. The van der Waals surface area contributed by atoms with Crippen molar-refractivity contribution in [1.82, 2.24) is 9.38 Å². The molecule has 0 bridgehead atoms. The predicted molar refractivity (Wildman–Crippen MR) is 108 cm³/mol. The third-order valence-electron chi connectivity index (χ3n) is 6.80. The van der Waals surface area contributed by atoms with Crippen LogP contribution in [0, 0.1) is 12.8 Å². The number of pyridine rings is 1. The molecular weight excluding hydrogens is 332 g/mol. The molecule has 5 rings (SSSR count). The fourth-order valence-electron chi connectivity index (χ4n) is 5.10. The molecule has 2 heterocycles. The van der Waals surface area contributed by atoms with E-state index in [-0.39, 0.29) is 0 Å². The van der Waals surface area contributed by atoms with Crippen LogP contribution in [0.15, 0.2) is 48.9 Å². The zero-order chi connectivity index (χ0) is 18.4. The second kappa shape index (κ2) is 6.79. The van der Waals surface area contributed by atoms with Crippen LogP contribution in [-0.4, -0.2) is 14.5 Å². The molecule has 3 nitrogen and oxygen atoms in total. The fourth-order valence-corrected chi connectivity index (χ4v) is 5.10. The summed E-state index contributed by atoms with van der Waals surface area (Å²) in [6.07, 6.45) is 10.4. The Kier molecular flexibility index (Phi) is 4.28. The number of benzene rings is 1. The minimum atomic E-state index is -0.392. The van der Waals surface area contributed by atoms with Gasteiger partial charge in [0.15, 0.2) is 0 Å². The molecule has 0 spiro atoms. The zero-order valence-electron chi connectivity index (χ0n) is 16.0. The number of aliphatic hydroxyl groups excluding tert-OH is 1. The van der Waals surface area contributed by atoms with Crippen LogP contribution in [0.1, 0.15) is 78.8 Å². The molecule has 140 valence electrons. The van der Waals surface area contributed by atoms with Crippen molar-refractivity contribution in [2.45, 2.75) is 63.4 Å². The van der Waals surface area contributed by atoms with Gasteiger partial charge in [0.1, 0.15) is 0 Å². The molecule has 2 aliphatic carbocycles. The number of aliphatic hydroxyl groups is 1. The van der Waals surface area contributed by atoms with Gasteiger partial charge >= 0.3 is 0 Å². The van der Waals surface area contributed by atoms with Crippen LogP contribution in [0.3, 0.4) is 0 Å². The summed E-state index contributed by atoms with van der Waals surface area (Å²) in [5, 5.41) is 11.4. The van der Waals surface area contributed by atoms with Crippen LogP contribution in [0.5, 0.6) is 0 Å². The second-order valence-corrected chi connectivity index (χ2v) is 8.55. The Morgan fingerprint density at radius 3 is 2.37 bits per heavy atom. The standard InChI is InChI=1S/C24H28N2O/c1-16-4-2-3-5-21(16)17-8-10-19(11-9-17)24(27)23-22(18-6-7-18)13-12-20-14-25-15-26(20)23/h2-5,12-15,17-19,24,27H,6-11H2,1H3/t17?,19?,24-/m1/s1. The third kappa shape index (κ3) is 3.08. The number of fused-ring (bicyclic) bond motifs is 1. The maximum Gasteiger partial charge on any atom is 0.0995 e. The zero-order valence-corrected chi connectivity index (χ0v) is 16.0. The van der Waals surface area contributed by atoms with Gasteiger partial charge < -0.3 is 9.51 Å². The van der Waals surface area contributed by atoms with Crippen LogP contribution in [0.2, 0.25) is 0 Å². The summed E-state index contributed by atoms with van der Waals surface area (Å²) in [6.45, 7) is 2.22. The average molecular weight is 361 g/mol. The fraction of sp³-hybridized carbons (Fsp3) is 0.458. The van der Waals surface area contributed by atoms with Crippen molar-refractivity contribution in [1.29, 1.82) is 0 Å². The number of imidazole rings is 1. The Labute approximate surface area is 161 Å². The van der Waals surface area contributed by atoms with E-state index < -0.39 is 6.10 Å². The van der Waals surface area contributed by atoms with E-state index >= 15 is 0 Å². The average Bonchev–Trinajstić information content (AvgIpc) is 3.44. The topological polar surface area (TPSA) is 37.5 Å². The Balaban J connectivity index is 1.39. The van der Waals surface area contributed by atoms with Gasteiger partial charge in [-0.25, -0.2) is 4.98 Å². The van der Waals surface area contributed by atoms with Gasteiger partial charge in [0.2, 0.25) is 0 Å². The van der Waals surface area contributed by atoms with E-state index in [1.807, 2.05) is 12.5 Å². The number of aryl methyl sites for hydroxylation is 1. The van der Waals surface area contributed by atoms with E-state index in [9.17, 15) is 5.11 Å². The van der Waals surface area contributed by atoms with Gasteiger partial charge in [-0.3, -0.25) is 0 Å². The molecular formula is C24H28N2O. The maximum atomic E-state index is 11.4. The van der Waals surface area contributed by atoms with E-state index in [0.29, 0.717) is 17.8 Å². The van der Waals surface area contributed by atoms with Crippen molar-refractivity contribution in [2.24, 2.45) is 5.92 Å². The summed E-state index contributed by atoms with van der Waals surface area (Å²) in [6, 6.07) is 13.2. The van der Waals surface area contributed by atoms with Gasteiger partial charge in [-0.15, -0.1) is 0 Å². The smallest absolute Gasteiger partial charge is 0.0995 e. The molecule has 0 amide bonds. The first-order valence-electron chi connectivity index (χ1n) is 10.4. The molecule has 1 atom stereocenters. The molecule has 0 unspecified atom stereocenters. The van der Waals surface area contributed by atoms with Gasteiger partial charge in [-0.1, -0.05) is 30.3 Å². The molecule has 0 radical (unpaired) electrons. The van der Waals surface area contributed by atoms with Crippen LogP contribution < -0.4 is 0 Å². The Bertz CT molecular complexity index is 948. The number of rotatable bonds is 4. The SMILES string of the molecule is Cc1ccccc1C1CCC([C@@H](O)c2c(C3CC3)ccc3cncn23)CC1. The molecule has 1 aromatic carbocycles. The first kappa shape index (κ1) is 17.0. The van der Waals surface area contributed by atoms with Crippen molar-refractivity contribution in [2.75, 3.05) is 0 Å². The van der Waals surface area contributed by atoms with Gasteiger partial charge in [0.25, 0.3) is 0 Å². The highest BCUT2D eigenvalue weighted by Crippen LogP contribution is 2.47. The number of hydrogen-bond acceptors (Lipinski definition) is 2. The second-order valence-electron chi connectivity index (χ2n) is 8.55. The molecule has 2 saturated carbocycles. The molecule has 27 heavy (non-hydrogen) atoms. The lowest BCUT2D eigenvalue weighted by atomic mass is 9.75. The molecule has 1 N–H and O–H groups in total. The molecule has 0 aliphatic heterocycles. The predicted octanol–water partition coefficient (Wildman–Crippen LogP) is 5.53. The Hall–Kier alpha value is -2.13. The maximum absolute atomic E-state index is 11.4. The molecule has 0 saturated heterocycles. The van der Waals surface area contributed by atoms with Crippen LogP contribution in [0.25, 0.3) is 5.52 Å². The summed E-state index contributed by atoms with van der Waals surface area (Å²) >= 11 is 0. The largest absolute Gasteiger partial charge is 0.387 e. The normalized spacial score (nSPS) is 24.2. The summed E-state index contributed by atoms with van der Waals surface area (Å²) in [4.78, 5) is 4.32. The van der Waals surface area contributed by atoms with Crippen molar-refractivity contribution < 1.29 is 5.11 Å². The highest BCUT2D eigenvalue weighted by molar-refractivity contribution is 5.50. The van der Waals surface area contributed by atoms with Gasteiger partial charge in [0, 0.05) is 0 Å². The van der Waals surface area contributed by atoms with Crippen LogP contribution in [-0.2, 0) is 0 Å².